The van der Waals surface area contributed by atoms with Crippen LogP contribution in [0.25, 0.3) is 0 Å². The van der Waals surface area contributed by atoms with Gasteiger partial charge in [-0.05, 0) is 47.0 Å². The molecule has 0 bridgehead atoms. The fourth-order valence-corrected chi connectivity index (χ4v) is 6.09. The highest BCUT2D eigenvalue weighted by Gasteiger charge is 2.62. The van der Waals surface area contributed by atoms with E-state index in [1.54, 1.807) is 0 Å². The van der Waals surface area contributed by atoms with E-state index in [2.05, 4.69) is 45.0 Å². The van der Waals surface area contributed by atoms with E-state index in [-0.39, 0.29) is 18.1 Å². The molecule has 2 N–H and O–H groups in total. The van der Waals surface area contributed by atoms with Gasteiger partial charge in [-0.15, -0.1) is 0 Å². The maximum Gasteiger partial charge on any atom is 0.346 e. The zero-order valence-corrected chi connectivity index (χ0v) is 21.3. The number of alkyl halides is 1. The molecule has 0 aromatic heterocycles. The van der Waals surface area contributed by atoms with Gasteiger partial charge in [0.15, 0.2) is 4.32 Å². The first-order valence-corrected chi connectivity index (χ1v) is 13.1. The Morgan fingerprint density at radius 1 is 1.13 bits per heavy atom. The van der Waals surface area contributed by atoms with Gasteiger partial charge in [0.25, 0.3) is 0 Å². The van der Waals surface area contributed by atoms with Crippen molar-refractivity contribution in [3.8, 4) is 0 Å². The third-order valence-electron chi connectivity index (χ3n) is 6.99. The number of nitrogens with one attached hydrogen (secondary N) is 2. The van der Waals surface area contributed by atoms with Gasteiger partial charge in [-0.1, -0.05) is 67.8 Å². The highest BCUT2D eigenvalue weighted by atomic mass is 79.9. The first-order chi connectivity index (χ1) is 14.2. The molecule has 30 heavy (non-hydrogen) atoms. The Balaban J connectivity index is 1.61. The van der Waals surface area contributed by atoms with Gasteiger partial charge in [0.1, 0.15) is 17.7 Å². The minimum Gasteiger partial charge on any atom is -0.459 e. The number of ether oxygens (including phenoxy) is 1. The lowest BCUT2D eigenvalue weighted by molar-refractivity contribution is -0.595. The molecule has 172 valence electrons. The van der Waals surface area contributed by atoms with Crippen LogP contribution in [0, 0.1) is 0 Å². The van der Waals surface area contributed by atoms with Gasteiger partial charge >= 0.3 is 11.9 Å². The van der Waals surface area contributed by atoms with E-state index in [0.717, 1.165) is 18.8 Å². The lowest BCUT2D eigenvalue weighted by Crippen LogP contribution is -2.72. The van der Waals surface area contributed by atoms with Crippen LogP contribution in [0.4, 0.5) is 0 Å². The van der Waals surface area contributed by atoms with E-state index in [9.17, 15) is 4.79 Å². The molecule has 0 aromatic carbocycles. The first-order valence-electron chi connectivity index (χ1n) is 12.3. The van der Waals surface area contributed by atoms with Crippen LogP contribution in [-0.2, 0) is 9.53 Å². The zero-order chi connectivity index (χ0) is 21.9. The van der Waals surface area contributed by atoms with Crippen LogP contribution in [0.1, 0.15) is 105 Å². The monoisotopic (exact) mass is 484 g/mol. The summed E-state index contributed by atoms with van der Waals surface area (Å²) in [6.07, 6.45) is 14.1. The molecule has 1 saturated heterocycles. The quantitative estimate of drug-likeness (QED) is 0.212. The van der Waals surface area contributed by atoms with Gasteiger partial charge in [0.2, 0.25) is 0 Å². The maximum atomic E-state index is 13.2. The van der Waals surface area contributed by atoms with Crippen LogP contribution < -0.4 is 10.6 Å². The second-order valence-electron chi connectivity index (χ2n) is 10.6. The average Bonchev–Trinajstić information content (AvgIpc) is 3.09. The number of hydrogen-bond acceptors (Lipinski definition) is 4. The van der Waals surface area contributed by atoms with Crippen molar-refractivity contribution in [2.24, 2.45) is 0 Å². The summed E-state index contributed by atoms with van der Waals surface area (Å²) in [7, 11) is 0. The molecule has 3 heterocycles. The standard InChI is InChI=1S/C24H42BrN3O2/c1-6-7-8-9-10-11-12-13-18-16-19-14-15-20-24(25,21(29)30-23(3,4)5)17(2)26-22(27-18)28(19)20/h17-20H,6-16H2,1-5H3,(H,26,27)/p+1/t17-,18-,19+,20+,24+/m1/s1. The van der Waals surface area contributed by atoms with E-state index in [4.69, 9.17) is 4.74 Å². The van der Waals surface area contributed by atoms with Crippen molar-refractivity contribution in [3.05, 3.63) is 0 Å². The van der Waals surface area contributed by atoms with Gasteiger partial charge in [0, 0.05) is 6.42 Å². The molecular weight excluding hydrogens is 442 g/mol. The predicted molar refractivity (Wildman–Crippen MR) is 126 cm³/mol. The number of rotatable bonds is 9. The summed E-state index contributed by atoms with van der Waals surface area (Å²) in [5.41, 5.74) is -0.485. The van der Waals surface area contributed by atoms with Crippen molar-refractivity contribution in [1.82, 2.24) is 10.6 Å². The molecule has 6 heteroatoms. The molecule has 0 aliphatic carbocycles. The lowest BCUT2D eigenvalue weighted by Gasteiger charge is -2.43. The van der Waals surface area contributed by atoms with Gasteiger partial charge < -0.3 is 4.74 Å². The summed E-state index contributed by atoms with van der Waals surface area (Å²) in [5, 5.41) is 7.40. The molecule has 5 atom stereocenters. The Morgan fingerprint density at radius 3 is 2.47 bits per heavy atom. The van der Waals surface area contributed by atoms with Gasteiger partial charge in [-0.2, -0.15) is 0 Å². The van der Waals surface area contributed by atoms with Crippen molar-refractivity contribution in [1.29, 1.82) is 0 Å². The minimum absolute atomic E-state index is 0.0350. The lowest BCUT2D eigenvalue weighted by atomic mass is 9.89. The molecule has 3 aliphatic rings. The van der Waals surface area contributed by atoms with Crippen molar-refractivity contribution in [3.63, 3.8) is 0 Å². The summed E-state index contributed by atoms with van der Waals surface area (Å²) in [5.74, 6) is 0.984. The van der Waals surface area contributed by atoms with Crippen LogP contribution in [-0.4, -0.2) is 50.6 Å². The summed E-state index contributed by atoms with van der Waals surface area (Å²) in [4.78, 5) is 13.2. The molecule has 5 nitrogen and oxygen atoms in total. The molecule has 0 unspecified atom stereocenters. The number of unbranched alkanes of at least 4 members (excludes halogenated alkanes) is 6. The average molecular weight is 486 g/mol. The fourth-order valence-electron chi connectivity index (χ4n) is 5.44. The number of hydrogen-bond donors (Lipinski definition) is 2. The molecule has 0 amide bonds. The smallest absolute Gasteiger partial charge is 0.346 e. The summed E-state index contributed by atoms with van der Waals surface area (Å²) < 4.78 is 7.55. The second-order valence-corrected chi connectivity index (χ2v) is 11.9. The Bertz CT molecular complexity index is 645. The molecule has 3 aliphatic heterocycles. The summed E-state index contributed by atoms with van der Waals surface area (Å²) in [6, 6.07) is 1.16. The van der Waals surface area contributed by atoms with Gasteiger partial charge in [0.05, 0.1) is 12.1 Å². The van der Waals surface area contributed by atoms with Crippen LogP contribution >= 0.6 is 15.9 Å². The van der Waals surface area contributed by atoms with Crippen molar-refractivity contribution in [2.45, 2.75) is 139 Å². The largest absolute Gasteiger partial charge is 0.459 e. The van der Waals surface area contributed by atoms with E-state index >= 15 is 0 Å². The van der Waals surface area contributed by atoms with Crippen LogP contribution in [0.2, 0.25) is 0 Å². The van der Waals surface area contributed by atoms with E-state index < -0.39 is 9.93 Å². The number of guanidine groups is 1. The number of halogens is 1. The molecular formula is C24H43BrN3O2+. The topological polar surface area (TPSA) is 53.4 Å². The van der Waals surface area contributed by atoms with Gasteiger partial charge in [-0.25, -0.2) is 0 Å². The van der Waals surface area contributed by atoms with Crippen LogP contribution in [0.5, 0.6) is 0 Å². The SMILES string of the molecule is CCCCCCCCC[C@@H]1C[C@@H]2CC[C@@H]3[N+]2=C(N1)N[C@H](C)[C@@]3(Br)C(=O)OC(C)(C)C. The Morgan fingerprint density at radius 2 is 1.80 bits per heavy atom. The number of nitrogens with zero attached hydrogens (tertiary/aromatic N) is 1. The second kappa shape index (κ2) is 9.79. The van der Waals surface area contributed by atoms with E-state index in [1.165, 1.54) is 57.8 Å². The van der Waals surface area contributed by atoms with Crippen LogP contribution in [0.3, 0.4) is 0 Å². The normalized spacial score (nSPS) is 33.0. The number of carbonyl (C=O) groups excluding carboxylic acids is 1. The first kappa shape index (κ1) is 23.9. The Hall–Kier alpha value is -0.780. The van der Waals surface area contributed by atoms with E-state index in [1.807, 2.05) is 20.8 Å². The molecule has 1 fully saturated rings. The maximum absolute atomic E-state index is 13.2. The van der Waals surface area contributed by atoms with Gasteiger partial charge in [-0.3, -0.25) is 20.0 Å². The van der Waals surface area contributed by atoms with Crippen molar-refractivity contribution in [2.75, 3.05) is 0 Å². The molecule has 0 radical (unpaired) electrons. The van der Waals surface area contributed by atoms with Crippen LogP contribution in [0.15, 0.2) is 0 Å². The third-order valence-corrected chi connectivity index (χ3v) is 8.53. The molecule has 0 aromatic rings. The fraction of sp³-hybridized carbons (Fsp3) is 0.917. The Labute approximate surface area is 191 Å². The summed E-state index contributed by atoms with van der Waals surface area (Å²) >= 11 is 3.87. The number of esters is 1. The minimum atomic E-state index is -0.717. The highest BCUT2D eigenvalue weighted by molar-refractivity contribution is 9.10. The Kier molecular flexibility index (Phi) is 7.79. The third kappa shape index (κ3) is 5.16. The zero-order valence-electron chi connectivity index (χ0n) is 19.7. The predicted octanol–water partition coefficient (Wildman–Crippen LogP) is 4.86. The highest BCUT2D eigenvalue weighted by Crippen LogP contribution is 2.42. The molecule has 0 spiro atoms. The number of carbonyl (C=O) groups is 1. The molecule has 0 saturated carbocycles. The van der Waals surface area contributed by atoms with Crippen molar-refractivity contribution >= 4 is 27.9 Å². The van der Waals surface area contributed by atoms with E-state index in [0.29, 0.717) is 12.1 Å². The summed E-state index contributed by atoms with van der Waals surface area (Å²) in [6.45, 7) is 10.2. The molecule has 3 rings (SSSR count). The van der Waals surface area contributed by atoms with Crippen molar-refractivity contribution < 1.29 is 14.1 Å².